The van der Waals surface area contributed by atoms with Gasteiger partial charge in [0.2, 0.25) is 0 Å². The molecule has 0 aromatic carbocycles. The van der Waals surface area contributed by atoms with Gasteiger partial charge in [-0.2, -0.15) is 0 Å². The molecule has 0 amide bonds. The lowest BCUT2D eigenvalue weighted by Crippen LogP contribution is -2.41. The molecule has 0 atom stereocenters. The molecule has 0 radical (unpaired) electrons. The van der Waals surface area contributed by atoms with Crippen LogP contribution in [0.15, 0.2) is 12.3 Å². The van der Waals surface area contributed by atoms with Crippen molar-refractivity contribution in [2.24, 2.45) is 0 Å². The zero-order chi connectivity index (χ0) is 9.73. The van der Waals surface area contributed by atoms with Gasteiger partial charge >= 0.3 is 0 Å². The van der Waals surface area contributed by atoms with E-state index in [2.05, 4.69) is 30.3 Å². The van der Waals surface area contributed by atoms with Gasteiger partial charge < -0.3 is 4.90 Å². The standard InChI is InChI=1S/C11H23NSi/c1-4-13(2,3)11-12-9-7-5-6-8-10-12/h4H,1,5-11H2,2-3H3. The van der Waals surface area contributed by atoms with Gasteiger partial charge in [-0.3, -0.25) is 0 Å². The van der Waals surface area contributed by atoms with E-state index >= 15 is 0 Å². The first kappa shape index (κ1) is 11.0. The number of hydrogen-bond donors (Lipinski definition) is 0. The largest absolute Gasteiger partial charge is 0.306 e. The Balaban J connectivity index is 2.37. The second-order valence-corrected chi connectivity index (χ2v) is 9.58. The maximum Gasteiger partial charge on any atom is 0.0854 e. The van der Waals surface area contributed by atoms with Crippen molar-refractivity contribution in [3.05, 3.63) is 12.3 Å². The van der Waals surface area contributed by atoms with Crippen LogP contribution < -0.4 is 0 Å². The Morgan fingerprint density at radius 3 is 2.15 bits per heavy atom. The average Bonchev–Trinajstić information content (AvgIpc) is 2.32. The molecular formula is C11H23NSi. The first-order valence-electron chi connectivity index (χ1n) is 5.50. The molecule has 0 aromatic heterocycles. The molecule has 1 nitrogen and oxygen atoms in total. The third-order valence-corrected chi connectivity index (χ3v) is 5.25. The van der Waals surface area contributed by atoms with Crippen LogP contribution in [0.5, 0.6) is 0 Å². The lowest BCUT2D eigenvalue weighted by Gasteiger charge is -2.27. The Bertz CT molecular complexity index is 157. The van der Waals surface area contributed by atoms with Crippen LogP contribution in [0.4, 0.5) is 0 Å². The molecule has 2 heteroatoms. The van der Waals surface area contributed by atoms with Crippen LogP contribution in [0.2, 0.25) is 13.1 Å². The SMILES string of the molecule is C=C[Si](C)(C)CN1CCCCCC1. The highest BCUT2D eigenvalue weighted by Gasteiger charge is 2.20. The average molecular weight is 197 g/mol. The molecular weight excluding hydrogens is 174 g/mol. The molecule has 1 saturated heterocycles. The minimum atomic E-state index is -1.10. The van der Waals surface area contributed by atoms with Crippen LogP contribution >= 0.6 is 0 Å². The predicted octanol–water partition coefficient (Wildman–Crippen LogP) is 2.84. The summed E-state index contributed by atoms with van der Waals surface area (Å²) in [6.07, 6.45) is 7.00. The highest BCUT2D eigenvalue weighted by molar-refractivity contribution is 6.82. The summed E-state index contributed by atoms with van der Waals surface area (Å²) in [6, 6.07) is 0. The molecule has 0 saturated carbocycles. The third kappa shape index (κ3) is 4.10. The molecule has 1 rings (SSSR count). The summed E-state index contributed by atoms with van der Waals surface area (Å²) >= 11 is 0. The van der Waals surface area contributed by atoms with E-state index in [1.54, 1.807) is 0 Å². The maximum atomic E-state index is 3.96. The molecule has 0 aliphatic carbocycles. The van der Waals surface area contributed by atoms with Gasteiger partial charge in [-0.25, -0.2) is 0 Å². The Morgan fingerprint density at radius 2 is 1.69 bits per heavy atom. The van der Waals surface area contributed by atoms with Crippen molar-refractivity contribution in [1.29, 1.82) is 0 Å². The molecule has 1 aliphatic rings. The summed E-state index contributed by atoms with van der Waals surface area (Å²) in [7, 11) is -1.10. The maximum absolute atomic E-state index is 3.96. The van der Waals surface area contributed by atoms with Gasteiger partial charge in [-0.1, -0.05) is 25.9 Å². The van der Waals surface area contributed by atoms with E-state index in [1.807, 2.05) is 0 Å². The second kappa shape index (κ2) is 4.96. The molecule has 1 heterocycles. The normalized spacial score (nSPS) is 21.1. The lowest BCUT2D eigenvalue weighted by atomic mass is 10.2. The van der Waals surface area contributed by atoms with Crippen LogP contribution in [0.1, 0.15) is 25.7 Å². The van der Waals surface area contributed by atoms with E-state index in [0.29, 0.717) is 0 Å². The summed E-state index contributed by atoms with van der Waals surface area (Å²) in [5.41, 5.74) is 2.22. The highest BCUT2D eigenvalue weighted by atomic mass is 28.3. The van der Waals surface area contributed by atoms with E-state index in [0.717, 1.165) is 0 Å². The number of hydrogen-bond acceptors (Lipinski definition) is 1. The quantitative estimate of drug-likeness (QED) is 0.629. The molecule has 1 aliphatic heterocycles. The fourth-order valence-electron chi connectivity index (χ4n) is 1.94. The Morgan fingerprint density at radius 1 is 1.15 bits per heavy atom. The Kier molecular flexibility index (Phi) is 4.20. The summed E-state index contributed by atoms with van der Waals surface area (Å²) in [6.45, 7) is 11.4. The monoisotopic (exact) mass is 197 g/mol. The summed E-state index contributed by atoms with van der Waals surface area (Å²) in [4.78, 5) is 2.65. The van der Waals surface area contributed by atoms with Gasteiger partial charge in [0.1, 0.15) is 0 Å². The summed E-state index contributed by atoms with van der Waals surface area (Å²) in [5, 5.41) is 0. The zero-order valence-corrected chi connectivity index (χ0v) is 10.2. The molecule has 0 unspecified atom stereocenters. The first-order valence-corrected chi connectivity index (χ1v) is 8.78. The summed E-state index contributed by atoms with van der Waals surface area (Å²) in [5.74, 6) is 0. The molecule has 0 bridgehead atoms. The fourth-order valence-corrected chi connectivity index (χ4v) is 3.53. The van der Waals surface area contributed by atoms with Gasteiger partial charge in [0.05, 0.1) is 8.07 Å². The zero-order valence-electron chi connectivity index (χ0n) is 9.18. The van der Waals surface area contributed by atoms with Gasteiger partial charge in [-0.05, 0) is 32.1 Å². The van der Waals surface area contributed by atoms with Gasteiger partial charge in [-0.15, -0.1) is 12.3 Å². The predicted molar refractivity (Wildman–Crippen MR) is 62.6 cm³/mol. The topological polar surface area (TPSA) is 3.24 Å². The smallest absolute Gasteiger partial charge is 0.0854 e. The minimum absolute atomic E-state index is 1.10. The van der Waals surface area contributed by atoms with Crippen molar-refractivity contribution < 1.29 is 0 Å². The lowest BCUT2D eigenvalue weighted by molar-refractivity contribution is 0.326. The van der Waals surface area contributed by atoms with Crippen LogP contribution in [0, 0.1) is 0 Å². The van der Waals surface area contributed by atoms with E-state index in [4.69, 9.17) is 0 Å². The van der Waals surface area contributed by atoms with Crippen molar-refractivity contribution in [1.82, 2.24) is 4.90 Å². The molecule has 0 aromatic rings. The number of likely N-dealkylation sites (tertiary alicyclic amines) is 1. The van der Waals surface area contributed by atoms with Gasteiger partial charge in [0.15, 0.2) is 0 Å². The molecule has 76 valence electrons. The number of rotatable bonds is 3. The molecule has 0 spiro atoms. The molecule has 13 heavy (non-hydrogen) atoms. The van der Waals surface area contributed by atoms with Crippen molar-refractivity contribution in [2.45, 2.75) is 38.8 Å². The first-order chi connectivity index (χ1) is 6.14. The minimum Gasteiger partial charge on any atom is -0.306 e. The van der Waals surface area contributed by atoms with Crippen LogP contribution in [0.3, 0.4) is 0 Å². The molecule has 0 N–H and O–H groups in total. The van der Waals surface area contributed by atoms with Crippen LogP contribution in [-0.4, -0.2) is 32.2 Å². The van der Waals surface area contributed by atoms with E-state index in [1.165, 1.54) is 44.9 Å². The third-order valence-electron chi connectivity index (χ3n) is 2.88. The highest BCUT2D eigenvalue weighted by Crippen LogP contribution is 2.13. The van der Waals surface area contributed by atoms with Crippen LogP contribution in [0.25, 0.3) is 0 Å². The van der Waals surface area contributed by atoms with Crippen molar-refractivity contribution in [3.8, 4) is 0 Å². The van der Waals surface area contributed by atoms with Gasteiger partial charge in [0, 0.05) is 0 Å². The Hall–Kier alpha value is -0.0831. The van der Waals surface area contributed by atoms with E-state index in [9.17, 15) is 0 Å². The second-order valence-electron chi connectivity index (χ2n) is 4.88. The van der Waals surface area contributed by atoms with E-state index < -0.39 is 8.07 Å². The summed E-state index contributed by atoms with van der Waals surface area (Å²) < 4.78 is 0. The van der Waals surface area contributed by atoms with Crippen LogP contribution in [-0.2, 0) is 0 Å². The van der Waals surface area contributed by atoms with Crippen molar-refractivity contribution in [3.63, 3.8) is 0 Å². The van der Waals surface area contributed by atoms with Gasteiger partial charge in [0.25, 0.3) is 0 Å². The Labute approximate surface area is 83.8 Å². The molecule has 1 fully saturated rings. The van der Waals surface area contributed by atoms with E-state index in [-0.39, 0.29) is 0 Å². The number of nitrogens with zero attached hydrogens (tertiary/aromatic N) is 1. The van der Waals surface area contributed by atoms with Crippen molar-refractivity contribution >= 4 is 8.07 Å². The van der Waals surface area contributed by atoms with Crippen molar-refractivity contribution in [2.75, 3.05) is 19.3 Å². The fraction of sp³-hybridized carbons (Fsp3) is 0.818.